The molecule has 6 heteroatoms. The molecule has 0 unspecified atom stereocenters. The average molecular weight is 414 g/mol. The molecule has 1 amide bonds. The normalized spacial score (nSPS) is 16.4. The van der Waals surface area contributed by atoms with Crippen molar-refractivity contribution in [3.8, 4) is 0 Å². The number of piperidine rings is 1. The van der Waals surface area contributed by atoms with Gasteiger partial charge in [0.1, 0.15) is 11.5 Å². The van der Waals surface area contributed by atoms with Crippen molar-refractivity contribution >= 4 is 21.5 Å². The van der Waals surface area contributed by atoms with Gasteiger partial charge in [0.15, 0.2) is 9.84 Å². The van der Waals surface area contributed by atoms with Gasteiger partial charge in [-0.05, 0) is 37.0 Å². The van der Waals surface area contributed by atoms with E-state index in [9.17, 15) is 18.0 Å². The molecule has 2 aromatic rings. The molecule has 0 spiro atoms. The molecule has 0 saturated carbocycles. The first-order valence-electron chi connectivity index (χ1n) is 10.0. The Morgan fingerprint density at radius 1 is 0.931 bits per heavy atom. The highest BCUT2D eigenvalue weighted by atomic mass is 32.2. The second kappa shape index (κ2) is 8.91. The van der Waals surface area contributed by atoms with Crippen molar-refractivity contribution in [2.45, 2.75) is 42.9 Å². The maximum Gasteiger partial charge on any atom is 0.238 e. The number of ketones is 1. The summed E-state index contributed by atoms with van der Waals surface area (Å²) in [5, 5.41) is 0. The maximum atomic E-state index is 13.0. The number of likely N-dealkylation sites (tertiary alicyclic amines) is 1. The summed E-state index contributed by atoms with van der Waals surface area (Å²) in [4.78, 5) is 27.4. The first kappa shape index (κ1) is 21.2. The van der Waals surface area contributed by atoms with E-state index >= 15 is 0 Å². The molecule has 1 saturated heterocycles. The number of carbonyl (C=O) groups excluding carboxylic acids is 2. The number of rotatable bonds is 7. The Morgan fingerprint density at radius 3 is 2.03 bits per heavy atom. The van der Waals surface area contributed by atoms with Crippen LogP contribution in [0.5, 0.6) is 0 Å². The Bertz CT molecular complexity index is 947. The fraction of sp³-hybridized carbons (Fsp3) is 0.391. The van der Waals surface area contributed by atoms with Gasteiger partial charge in [-0.3, -0.25) is 9.59 Å². The minimum Gasteiger partial charge on any atom is -0.342 e. The van der Waals surface area contributed by atoms with Crippen molar-refractivity contribution < 1.29 is 18.0 Å². The first-order valence-corrected chi connectivity index (χ1v) is 11.7. The monoisotopic (exact) mass is 413 g/mol. The number of Topliss-reactive ketones (excluding diaryl/α,β-unsaturated/α-hetero) is 1. The van der Waals surface area contributed by atoms with Crippen molar-refractivity contribution in [1.29, 1.82) is 0 Å². The van der Waals surface area contributed by atoms with Crippen LogP contribution < -0.4 is 0 Å². The molecule has 1 aliphatic rings. The van der Waals surface area contributed by atoms with Crippen molar-refractivity contribution in [1.82, 2.24) is 4.90 Å². The van der Waals surface area contributed by atoms with Crippen LogP contribution in [0.3, 0.4) is 0 Å². The van der Waals surface area contributed by atoms with Crippen molar-refractivity contribution in [3.05, 3.63) is 66.2 Å². The summed E-state index contributed by atoms with van der Waals surface area (Å²) in [5.74, 6) is -0.744. The number of benzene rings is 2. The van der Waals surface area contributed by atoms with E-state index in [-0.39, 0.29) is 10.7 Å². The van der Waals surface area contributed by atoms with E-state index in [1.54, 1.807) is 23.1 Å². The van der Waals surface area contributed by atoms with E-state index in [1.807, 2.05) is 37.3 Å². The fourth-order valence-corrected chi connectivity index (χ4v) is 5.30. The van der Waals surface area contributed by atoms with Gasteiger partial charge in [-0.25, -0.2) is 8.42 Å². The van der Waals surface area contributed by atoms with E-state index in [0.717, 1.165) is 12.0 Å². The van der Waals surface area contributed by atoms with Crippen molar-refractivity contribution in [2.24, 2.45) is 0 Å². The maximum absolute atomic E-state index is 13.0. The first-order chi connectivity index (χ1) is 13.9. The average Bonchev–Trinajstić information content (AvgIpc) is 2.75. The quantitative estimate of drug-likeness (QED) is 0.698. The standard InChI is InChI=1S/C23H27NO4S/c1-2-9-21(25)23(19-10-5-3-6-11-19)14-16-24(17-15-23)22(26)18-29(27,28)20-12-7-4-8-13-20/h3-8,10-13H,2,9,14-18H2,1H3. The van der Waals surface area contributed by atoms with Gasteiger partial charge in [0, 0.05) is 19.5 Å². The Labute approximate surface area is 172 Å². The van der Waals surface area contributed by atoms with Crippen LogP contribution >= 0.6 is 0 Å². The molecule has 2 aromatic carbocycles. The van der Waals surface area contributed by atoms with E-state index < -0.39 is 26.9 Å². The van der Waals surface area contributed by atoms with E-state index in [0.29, 0.717) is 32.4 Å². The molecule has 29 heavy (non-hydrogen) atoms. The SMILES string of the molecule is CCCC(=O)C1(c2ccccc2)CCN(C(=O)CS(=O)(=O)c2ccccc2)CC1. The summed E-state index contributed by atoms with van der Waals surface area (Å²) in [6.45, 7) is 2.75. The van der Waals surface area contributed by atoms with Crippen LogP contribution in [0, 0.1) is 0 Å². The highest BCUT2D eigenvalue weighted by Crippen LogP contribution is 2.38. The summed E-state index contributed by atoms with van der Waals surface area (Å²) in [7, 11) is -3.67. The number of nitrogens with zero attached hydrogens (tertiary/aromatic N) is 1. The molecule has 0 atom stereocenters. The Kier molecular flexibility index (Phi) is 6.52. The van der Waals surface area contributed by atoms with Crippen LogP contribution in [-0.2, 0) is 24.8 Å². The van der Waals surface area contributed by atoms with Gasteiger partial charge in [-0.2, -0.15) is 0 Å². The second-order valence-corrected chi connectivity index (χ2v) is 9.56. The summed E-state index contributed by atoms with van der Waals surface area (Å²) in [6.07, 6.45) is 2.33. The van der Waals surface area contributed by atoms with Crippen LogP contribution in [0.4, 0.5) is 0 Å². The number of hydrogen-bond acceptors (Lipinski definition) is 4. The van der Waals surface area contributed by atoms with Gasteiger partial charge in [-0.1, -0.05) is 55.5 Å². The third kappa shape index (κ3) is 4.58. The topological polar surface area (TPSA) is 71.5 Å². The smallest absolute Gasteiger partial charge is 0.238 e. The summed E-state index contributed by atoms with van der Waals surface area (Å²) in [5.41, 5.74) is 0.397. The second-order valence-electron chi connectivity index (χ2n) is 7.57. The number of hydrogen-bond donors (Lipinski definition) is 0. The summed E-state index contributed by atoms with van der Waals surface area (Å²) >= 11 is 0. The minimum absolute atomic E-state index is 0.155. The van der Waals surface area contributed by atoms with Crippen LogP contribution in [-0.4, -0.2) is 43.9 Å². The molecular weight excluding hydrogens is 386 g/mol. The fourth-order valence-electron chi connectivity index (χ4n) is 4.05. The molecule has 5 nitrogen and oxygen atoms in total. The predicted octanol–water partition coefficient (Wildman–Crippen LogP) is 3.39. The zero-order chi connectivity index (χ0) is 20.9. The lowest BCUT2D eigenvalue weighted by molar-refractivity contribution is -0.134. The number of sulfone groups is 1. The molecule has 0 N–H and O–H groups in total. The van der Waals surface area contributed by atoms with Crippen LogP contribution in [0.2, 0.25) is 0 Å². The molecule has 0 aromatic heterocycles. The van der Waals surface area contributed by atoms with Crippen LogP contribution in [0.1, 0.15) is 38.2 Å². The molecule has 0 radical (unpaired) electrons. The van der Waals surface area contributed by atoms with Crippen LogP contribution in [0.25, 0.3) is 0 Å². The molecule has 0 aliphatic carbocycles. The van der Waals surface area contributed by atoms with Gasteiger partial charge in [0.25, 0.3) is 0 Å². The lowest BCUT2D eigenvalue weighted by atomic mass is 9.68. The molecule has 1 aliphatic heterocycles. The van der Waals surface area contributed by atoms with Gasteiger partial charge in [-0.15, -0.1) is 0 Å². The van der Waals surface area contributed by atoms with Crippen LogP contribution in [0.15, 0.2) is 65.6 Å². The summed E-state index contributed by atoms with van der Waals surface area (Å²) in [6, 6.07) is 17.8. The van der Waals surface area contributed by atoms with Crippen molar-refractivity contribution in [3.63, 3.8) is 0 Å². The molecule has 154 valence electrons. The lowest BCUT2D eigenvalue weighted by Gasteiger charge is -2.41. The summed E-state index contributed by atoms with van der Waals surface area (Å²) < 4.78 is 25.1. The third-order valence-corrected chi connectivity index (χ3v) is 7.34. The molecule has 1 fully saturated rings. The Morgan fingerprint density at radius 2 is 1.48 bits per heavy atom. The zero-order valence-corrected chi connectivity index (χ0v) is 17.5. The van der Waals surface area contributed by atoms with E-state index in [1.165, 1.54) is 12.1 Å². The largest absolute Gasteiger partial charge is 0.342 e. The predicted molar refractivity (Wildman–Crippen MR) is 112 cm³/mol. The minimum atomic E-state index is -3.67. The number of carbonyl (C=O) groups is 2. The van der Waals surface area contributed by atoms with Crippen molar-refractivity contribution in [2.75, 3.05) is 18.8 Å². The molecule has 1 heterocycles. The van der Waals surface area contributed by atoms with Gasteiger partial charge < -0.3 is 4.90 Å². The molecular formula is C23H27NO4S. The molecule has 3 rings (SSSR count). The van der Waals surface area contributed by atoms with E-state index in [4.69, 9.17) is 0 Å². The van der Waals surface area contributed by atoms with Gasteiger partial charge >= 0.3 is 0 Å². The lowest BCUT2D eigenvalue weighted by Crippen LogP contribution is -2.50. The van der Waals surface area contributed by atoms with E-state index in [2.05, 4.69) is 0 Å². The Balaban J connectivity index is 1.74. The third-order valence-electron chi connectivity index (χ3n) is 5.72. The Hall–Kier alpha value is -2.47. The zero-order valence-electron chi connectivity index (χ0n) is 16.7. The van der Waals surface area contributed by atoms with Gasteiger partial charge in [0.05, 0.1) is 10.3 Å². The molecule has 0 bridgehead atoms. The number of amides is 1. The van der Waals surface area contributed by atoms with Gasteiger partial charge in [0.2, 0.25) is 5.91 Å². The highest BCUT2D eigenvalue weighted by molar-refractivity contribution is 7.92. The highest BCUT2D eigenvalue weighted by Gasteiger charge is 2.43.